The van der Waals surface area contributed by atoms with E-state index in [1.807, 2.05) is 24.3 Å². The van der Waals surface area contributed by atoms with Crippen molar-refractivity contribution in [3.05, 3.63) is 29.8 Å². The monoisotopic (exact) mass is 290 g/mol. The van der Waals surface area contributed by atoms with Gasteiger partial charge in [0.25, 0.3) is 0 Å². The van der Waals surface area contributed by atoms with E-state index in [1.165, 1.54) is 38.5 Å². The molecule has 1 saturated carbocycles. The van der Waals surface area contributed by atoms with E-state index in [4.69, 9.17) is 9.47 Å². The predicted molar refractivity (Wildman–Crippen MR) is 82.5 cm³/mol. The van der Waals surface area contributed by atoms with Crippen molar-refractivity contribution in [1.29, 1.82) is 0 Å². The lowest BCUT2D eigenvalue weighted by molar-refractivity contribution is -0.0750. The number of aliphatic hydroxyl groups excluding tert-OH is 1. The van der Waals surface area contributed by atoms with E-state index in [-0.39, 0.29) is 11.7 Å². The average Bonchev–Trinajstić information content (AvgIpc) is 2.89. The summed E-state index contributed by atoms with van der Waals surface area (Å²) >= 11 is 0. The quantitative estimate of drug-likeness (QED) is 0.911. The zero-order chi connectivity index (χ0) is 14.7. The third kappa shape index (κ3) is 3.41. The van der Waals surface area contributed by atoms with Crippen molar-refractivity contribution in [1.82, 2.24) is 0 Å². The first-order valence-electron chi connectivity index (χ1n) is 8.26. The zero-order valence-electron chi connectivity index (χ0n) is 12.9. The summed E-state index contributed by atoms with van der Waals surface area (Å²) in [5.74, 6) is 0.778. The lowest BCUT2D eigenvalue weighted by Gasteiger charge is -2.33. The summed E-state index contributed by atoms with van der Waals surface area (Å²) in [5.41, 5.74) is 0.999. The molecule has 1 heterocycles. The highest BCUT2D eigenvalue weighted by Gasteiger charge is 2.40. The van der Waals surface area contributed by atoms with Crippen molar-refractivity contribution >= 4 is 0 Å². The molecule has 1 aromatic rings. The molecular formula is C18H26O3. The number of hydrogen-bond donors (Lipinski definition) is 1. The Balaban J connectivity index is 1.57. The third-order valence-corrected chi connectivity index (χ3v) is 4.90. The molecule has 2 atom stereocenters. The molecule has 0 amide bonds. The van der Waals surface area contributed by atoms with Gasteiger partial charge in [-0.1, -0.05) is 37.5 Å². The van der Waals surface area contributed by atoms with Crippen LogP contribution in [0.5, 0.6) is 5.75 Å². The van der Waals surface area contributed by atoms with Crippen molar-refractivity contribution in [3.63, 3.8) is 0 Å². The fourth-order valence-corrected chi connectivity index (χ4v) is 3.72. The van der Waals surface area contributed by atoms with E-state index in [1.54, 1.807) is 6.92 Å². The van der Waals surface area contributed by atoms with Gasteiger partial charge < -0.3 is 14.6 Å². The number of benzene rings is 1. The largest absolute Gasteiger partial charge is 0.490 e. The summed E-state index contributed by atoms with van der Waals surface area (Å²) in [7, 11) is 0. The van der Waals surface area contributed by atoms with E-state index < -0.39 is 6.10 Å². The zero-order valence-corrected chi connectivity index (χ0v) is 12.9. The lowest BCUT2D eigenvalue weighted by atomic mass is 9.83. The number of hydrogen-bond acceptors (Lipinski definition) is 3. The lowest BCUT2D eigenvalue weighted by Crippen LogP contribution is -2.33. The van der Waals surface area contributed by atoms with Crippen molar-refractivity contribution in [2.24, 2.45) is 0 Å². The van der Waals surface area contributed by atoms with Crippen LogP contribution in [0, 0.1) is 0 Å². The molecule has 116 valence electrons. The van der Waals surface area contributed by atoms with Gasteiger partial charge in [-0.15, -0.1) is 0 Å². The molecule has 0 aromatic heterocycles. The van der Waals surface area contributed by atoms with Crippen LogP contribution in [0.4, 0.5) is 0 Å². The number of rotatable bonds is 4. The van der Waals surface area contributed by atoms with Gasteiger partial charge in [-0.2, -0.15) is 0 Å². The van der Waals surface area contributed by atoms with Crippen LogP contribution in [0.1, 0.15) is 63.5 Å². The van der Waals surface area contributed by atoms with Gasteiger partial charge in [0.05, 0.1) is 17.8 Å². The van der Waals surface area contributed by atoms with E-state index in [0.717, 1.165) is 17.7 Å². The fourth-order valence-electron chi connectivity index (χ4n) is 3.72. The summed E-state index contributed by atoms with van der Waals surface area (Å²) < 4.78 is 12.3. The van der Waals surface area contributed by atoms with Crippen LogP contribution in [0.3, 0.4) is 0 Å². The van der Waals surface area contributed by atoms with Gasteiger partial charge in [-0.25, -0.2) is 0 Å². The summed E-state index contributed by atoms with van der Waals surface area (Å²) in [6, 6.07) is 7.71. The van der Waals surface area contributed by atoms with Gasteiger partial charge in [0, 0.05) is 5.56 Å². The van der Waals surface area contributed by atoms with Crippen molar-refractivity contribution in [2.75, 3.05) is 6.61 Å². The van der Waals surface area contributed by atoms with E-state index >= 15 is 0 Å². The molecule has 1 saturated heterocycles. The highest BCUT2D eigenvalue weighted by molar-refractivity contribution is 5.34. The second kappa shape index (κ2) is 6.37. The standard InChI is InChI=1S/C18H26O3/c1-14(19)16-7-3-4-8-17(16)20-13-15-9-12-18(21-15)10-5-2-6-11-18/h3-4,7-8,14-15,19H,2,5-6,9-13H2,1H3. The average molecular weight is 290 g/mol. The minimum absolute atomic E-state index is 0.149. The molecule has 3 rings (SSSR count). The molecule has 1 spiro atoms. The van der Waals surface area contributed by atoms with Crippen LogP contribution in [0.2, 0.25) is 0 Å². The minimum Gasteiger partial charge on any atom is -0.490 e. The predicted octanol–water partition coefficient (Wildman–Crippen LogP) is 4.00. The summed E-state index contributed by atoms with van der Waals surface area (Å²) in [6.45, 7) is 2.36. The van der Waals surface area contributed by atoms with Crippen LogP contribution in [-0.4, -0.2) is 23.4 Å². The van der Waals surface area contributed by atoms with Crippen molar-refractivity contribution in [3.8, 4) is 5.75 Å². The molecule has 3 nitrogen and oxygen atoms in total. The summed E-state index contributed by atoms with van der Waals surface area (Å²) in [5, 5.41) is 9.78. The fraction of sp³-hybridized carbons (Fsp3) is 0.667. The second-order valence-electron chi connectivity index (χ2n) is 6.55. The first kappa shape index (κ1) is 14.9. The molecule has 1 N–H and O–H groups in total. The summed E-state index contributed by atoms with van der Waals surface area (Å²) in [4.78, 5) is 0. The topological polar surface area (TPSA) is 38.7 Å². The van der Waals surface area contributed by atoms with Gasteiger partial charge in [0.2, 0.25) is 0 Å². The second-order valence-corrected chi connectivity index (χ2v) is 6.55. The Labute approximate surface area is 127 Å². The van der Waals surface area contributed by atoms with Gasteiger partial charge in [-0.05, 0) is 38.7 Å². The molecular weight excluding hydrogens is 264 g/mol. The highest BCUT2D eigenvalue weighted by atomic mass is 16.6. The van der Waals surface area contributed by atoms with Crippen LogP contribution < -0.4 is 4.74 Å². The Kier molecular flexibility index (Phi) is 4.51. The molecule has 2 unspecified atom stereocenters. The molecule has 2 fully saturated rings. The summed E-state index contributed by atoms with van der Waals surface area (Å²) in [6.07, 6.45) is 8.36. The maximum atomic E-state index is 9.78. The molecule has 2 aliphatic rings. The smallest absolute Gasteiger partial charge is 0.125 e. The Bertz CT molecular complexity index is 463. The molecule has 1 aliphatic carbocycles. The number of para-hydroxylation sites is 1. The van der Waals surface area contributed by atoms with Crippen LogP contribution in [-0.2, 0) is 4.74 Å². The Morgan fingerprint density at radius 1 is 1.24 bits per heavy atom. The van der Waals surface area contributed by atoms with Crippen LogP contribution >= 0.6 is 0 Å². The third-order valence-electron chi connectivity index (χ3n) is 4.90. The van der Waals surface area contributed by atoms with Gasteiger partial charge in [0.1, 0.15) is 12.4 Å². The SMILES string of the molecule is CC(O)c1ccccc1OCC1CCC2(CCCCC2)O1. The maximum absolute atomic E-state index is 9.78. The molecule has 1 aliphatic heterocycles. The Hall–Kier alpha value is -1.06. The first-order chi connectivity index (χ1) is 10.2. The maximum Gasteiger partial charge on any atom is 0.125 e. The van der Waals surface area contributed by atoms with E-state index in [2.05, 4.69) is 0 Å². The van der Waals surface area contributed by atoms with E-state index in [9.17, 15) is 5.11 Å². The molecule has 21 heavy (non-hydrogen) atoms. The van der Waals surface area contributed by atoms with E-state index in [0.29, 0.717) is 6.61 Å². The Morgan fingerprint density at radius 3 is 2.76 bits per heavy atom. The van der Waals surface area contributed by atoms with Crippen LogP contribution in [0.15, 0.2) is 24.3 Å². The first-order valence-corrected chi connectivity index (χ1v) is 8.26. The molecule has 0 radical (unpaired) electrons. The normalized spacial score (nSPS) is 25.9. The number of aliphatic hydroxyl groups is 1. The highest BCUT2D eigenvalue weighted by Crippen LogP contribution is 2.42. The van der Waals surface area contributed by atoms with Crippen LogP contribution in [0.25, 0.3) is 0 Å². The Morgan fingerprint density at radius 2 is 2.00 bits per heavy atom. The van der Waals surface area contributed by atoms with Gasteiger partial charge in [-0.3, -0.25) is 0 Å². The minimum atomic E-state index is -0.504. The van der Waals surface area contributed by atoms with Gasteiger partial charge >= 0.3 is 0 Å². The van der Waals surface area contributed by atoms with Crippen molar-refractivity contribution in [2.45, 2.75) is 69.7 Å². The molecule has 1 aromatic carbocycles. The molecule has 3 heteroatoms. The van der Waals surface area contributed by atoms with Crippen molar-refractivity contribution < 1.29 is 14.6 Å². The molecule has 0 bridgehead atoms. The number of ether oxygens (including phenoxy) is 2. The van der Waals surface area contributed by atoms with Gasteiger partial charge in [0.15, 0.2) is 0 Å².